The molecule has 0 unspecified atom stereocenters. The van der Waals surface area contributed by atoms with Gasteiger partial charge in [0.25, 0.3) is 5.91 Å². The quantitative estimate of drug-likeness (QED) is 0.744. The molecule has 0 spiro atoms. The molecule has 0 atom stereocenters. The van der Waals surface area contributed by atoms with E-state index in [0.29, 0.717) is 17.8 Å². The lowest BCUT2D eigenvalue weighted by molar-refractivity contribution is 0.0925. The molecule has 0 saturated carbocycles. The van der Waals surface area contributed by atoms with Crippen LogP contribution in [-0.4, -0.2) is 30.5 Å². The van der Waals surface area contributed by atoms with E-state index in [2.05, 4.69) is 22.5 Å². The number of carbonyl (C=O) groups is 1. The molecule has 1 saturated heterocycles. The van der Waals surface area contributed by atoms with E-state index in [4.69, 9.17) is 0 Å². The van der Waals surface area contributed by atoms with Crippen LogP contribution in [0.5, 0.6) is 0 Å². The van der Waals surface area contributed by atoms with Crippen LogP contribution in [0.3, 0.4) is 0 Å². The molecule has 1 aliphatic rings. The number of carbonyl (C=O) groups excluding carboxylic acids is 1. The summed E-state index contributed by atoms with van der Waals surface area (Å²) < 4.78 is 13.0. The molecule has 150 valence electrons. The smallest absolute Gasteiger partial charge is 0.263 e. The molecule has 2 aromatic rings. The van der Waals surface area contributed by atoms with Gasteiger partial charge in [0, 0.05) is 13.0 Å². The van der Waals surface area contributed by atoms with E-state index in [-0.39, 0.29) is 42.0 Å². The average Bonchev–Trinajstić information content (AvgIpc) is 2.96. The van der Waals surface area contributed by atoms with E-state index < -0.39 is 0 Å². The van der Waals surface area contributed by atoms with Gasteiger partial charge in [0.2, 0.25) is 0 Å². The van der Waals surface area contributed by atoms with Crippen molar-refractivity contribution in [2.75, 3.05) is 19.6 Å². The number of rotatable bonds is 5. The zero-order valence-electron chi connectivity index (χ0n) is 15.5. The molecule has 27 heavy (non-hydrogen) atoms. The van der Waals surface area contributed by atoms with Crippen molar-refractivity contribution in [1.82, 2.24) is 15.6 Å². The maximum absolute atomic E-state index is 13.0. The van der Waals surface area contributed by atoms with Crippen LogP contribution in [0.15, 0.2) is 24.3 Å². The summed E-state index contributed by atoms with van der Waals surface area (Å²) in [5.41, 5.74) is 1.91. The lowest BCUT2D eigenvalue weighted by Crippen LogP contribution is -2.42. The first-order valence-electron chi connectivity index (χ1n) is 8.65. The number of nitrogens with zero attached hydrogens (tertiary/aromatic N) is 1. The Morgan fingerprint density at radius 3 is 2.52 bits per heavy atom. The molecule has 1 aliphatic heterocycles. The number of hydrogen-bond acceptors (Lipinski definition) is 4. The van der Waals surface area contributed by atoms with Crippen LogP contribution < -0.4 is 10.6 Å². The van der Waals surface area contributed by atoms with Gasteiger partial charge in [0.05, 0.1) is 10.7 Å². The van der Waals surface area contributed by atoms with E-state index in [1.807, 2.05) is 6.92 Å². The number of aryl methyl sites for hydroxylation is 1. The molecule has 2 heterocycles. The Morgan fingerprint density at radius 2 is 1.89 bits per heavy atom. The van der Waals surface area contributed by atoms with Crippen LogP contribution in [0, 0.1) is 18.2 Å². The van der Waals surface area contributed by atoms with Crippen molar-refractivity contribution in [3.05, 3.63) is 51.2 Å². The molecule has 8 heteroatoms. The van der Waals surface area contributed by atoms with Gasteiger partial charge in [0.1, 0.15) is 10.7 Å². The molecule has 4 nitrogen and oxygen atoms in total. The molecule has 1 aromatic carbocycles. The fourth-order valence-electron chi connectivity index (χ4n) is 3.10. The first-order chi connectivity index (χ1) is 12.0. The maximum Gasteiger partial charge on any atom is 0.263 e. The highest BCUT2D eigenvalue weighted by molar-refractivity contribution is 7.13. The molecular weight excluding hydrogens is 408 g/mol. The number of aromatic nitrogens is 1. The minimum Gasteiger partial charge on any atom is -0.351 e. The first-order valence-corrected chi connectivity index (χ1v) is 9.46. The monoisotopic (exact) mass is 433 g/mol. The number of halogens is 3. The van der Waals surface area contributed by atoms with Gasteiger partial charge in [0.15, 0.2) is 0 Å². The van der Waals surface area contributed by atoms with E-state index in [1.54, 1.807) is 12.1 Å². The lowest BCUT2D eigenvalue weighted by Gasteiger charge is -2.34. The molecule has 1 aromatic heterocycles. The zero-order valence-corrected chi connectivity index (χ0v) is 18.0. The van der Waals surface area contributed by atoms with Crippen molar-refractivity contribution in [2.24, 2.45) is 5.41 Å². The summed E-state index contributed by atoms with van der Waals surface area (Å²) in [6.07, 6.45) is 2.76. The molecule has 0 radical (unpaired) electrons. The van der Waals surface area contributed by atoms with Gasteiger partial charge in [-0.2, -0.15) is 0 Å². The number of benzene rings is 1. The van der Waals surface area contributed by atoms with Crippen molar-refractivity contribution < 1.29 is 9.18 Å². The Hall–Kier alpha value is -1.21. The summed E-state index contributed by atoms with van der Waals surface area (Å²) in [6, 6.07) is 6.40. The Labute approximate surface area is 176 Å². The predicted octanol–water partition coefficient (Wildman–Crippen LogP) is 4.14. The van der Waals surface area contributed by atoms with Crippen molar-refractivity contribution in [3.63, 3.8) is 0 Å². The van der Waals surface area contributed by atoms with Crippen LogP contribution in [0.4, 0.5) is 4.39 Å². The van der Waals surface area contributed by atoms with Gasteiger partial charge in [-0.25, -0.2) is 9.37 Å². The van der Waals surface area contributed by atoms with Gasteiger partial charge >= 0.3 is 0 Å². The largest absolute Gasteiger partial charge is 0.351 e. The fraction of sp³-hybridized carbons (Fsp3) is 0.474. The standard InChI is InChI=1S/C19H24FN3OS.2ClH/c1-13-17(18(24)22-12-19(2)7-9-21-10-8-19)25-16(23-13)11-14-3-5-15(20)6-4-14;;/h3-6,21H,7-12H2,1-2H3,(H,22,24);2*1H. The van der Waals surface area contributed by atoms with Crippen LogP contribution >= 0.6 is 36.2 Å². The minimum absolute atomic E-state index is 0. The van der Waals surface area contributed by atoms with E-state index in [1.165, 1.54) is 23.5 Å². The van der Waals surface area contributed by atoms with E-state index in [9.17, 15) is 9.18 Å². The Balaban J connectivity index is 0.00000182. The van der Waals surface area contributed by atoms with Crippen LogP contribution in [-0.2, 0) is 6.42 Å². The number of hydrogen-bond donors (Lipinski definition) is 2. The van der Waals surface area contributed by atoms with Gasteiger partial charge < -0.3 is 10.6 Å². The summed E-state index contributed by atoms with van der Waals surface area (Å²) in [4.78, 5) is 17.7. The summed E-state index contributed by atoms with van der Waals surface area (Å²) >= 11 is 1.42. The topological polar surface area (TPSA) is 54.0 Å². The second kappa shape index (κ2) is 10.4. The lowest BCUT2D eigenvalue weighted by atomic mass is 9.81. The molecule has 0 bridgehead atoms. The summed E-state index contributed by atoms with van der Waals surface area (Å²) in [6.45, 7) is 6.80. The van der Waals surface area contributed by atoms with Crippen LogP contribution in [0.25, 0.3) is 0 Å². The molecule has 2 N–H and O–H groups in total. The van der Waals surface area contributed by atoms with Crippen molar-refractivity contribution >= 4 is 42.1 Å². The average molecular weight is 434 g/mol. The highest BCUT2D eigenvalue weighted by Gasteiger charge is 2.27. The fourth-order valence-corrected chi connectivity index (χ4v) is 4.11. The number of amides is 1. The number of piperidine rings is 1. The third-order valence-corrected chi connectivity index (χ3v) is 5.96. The summed E-state index contributed by atoms with van der Waals surface area (Å²) in [5.74, 6) is -0.286. The molecule has 0 aliphatic carbocycles. The van der Waals surface area contributed by atoms with Crippen molar-refractivity contribution in [2.45, 2.75) is 33.1 Å². The van der Waals surface area contributed by atoms with E-state index >= 15 is 0 Å². The highest BCUT2D eigenvalue weighted by Crippen LogP contribution is 2.27. The van der Waals surface area contributed by atoms with E-state index in [0.717, 1.165) is 42.2 Å². The Morgan fingerprint density at radius 1 is 1.26 bits per heavy atom. The summed E-state index contributed by atoms with van der Waals surface area (Å²) in [5, 5.41) is 7.32. The van der Waals surface area contributed by atoms with Gasteiger partial charge in [-0.1, -0.05) is 19.1 Å². The maximum atomic E-state index is 13.0. The van der Waals surface area contributed by atoms with Crippen molar-refractivity contribution in [3.8, 4) is 0 Å². The second-order valence-corrected chi connectivity index (χ2v) is 8.15. The summed E-state index contributed by atoms with van der Waals surface area (Å²) in [7, 11) is 0. The second-order valence-electron chi connectivity index (χ2n) is 7.07. The number of nitrogens with one attached hydrogen (secondary N) is 2. The molecular formula is C19H26Cl2FN3OS. The highest BCUT2D eigenvalue weighted by atomic mass is 35.5. The number of thiazole rings is 1. The minimum atomic E-state index is -0.245. The van der Waals surface area contributed by atoms with Crippen LogP contribution in [0.1, 0.15) is 45.7 Å². The SMILES string of the molecule is Cc1nc(Cc2ccc(F)cc2)sc1C(=O)NCC1(C)CCNCC1.Cl.Cl. The first kappa shape index (κ1) is 23.8. The normalized spacial score (nSPS) is 15.4. The molecule has 1 fully saturated rings. The van der Waals surface area contributed by atoms with Gasteiger partial charge in [-0.15, -0.1) is 36.2 Å². The third-order valence-electron chi connectivity index (χ3n) is 4.80. The van der Waals surface area contributed by atoms with Gasteiger partial charge in [-0.3, -0.25) is 4.79 Å². The zero-order chi connectivity index (χ0) is 17.9. The Kier molecular flexibility index (Phi) is 9.15. The van der Waals surface area contributed by atoms with Crippen molar-refractivity contribution in [1.29, 1.82) is 0 Å². The Bertz CT molecular complexity index is 746. The third kappa shape index (κ3) is 6.42. The molecule has 1 amide bonds. The van der Waals surface area contributed by atoms with Gasteiger partial charge in [-0.05, 0) is 56.0 Å². The molecule has 3 rings (SSSR count). The van der Waals surface area contributed by atoms with Crippen LogP contribution in [0.2, 0.25) is 0 Å². The predicted molar refractivity (Wildman–Crippen MR) is 113 cm³/mol.